The second-order valence-corrected chi connectivity index (χ2v) is 5.16. The first-order valence-electron chi connectivity index (χ1n) is 6.17. The van der Waals surface area contributed by atoms with Gasteiger partial charge in [-0.2, -0.15) is 20.1 Å². The number of halogens is 1. The quantitative estimate of drug-likeness (QED) is 0.757. The summed E-state index contributed by atoms with van der Waals surface area (Å²) >= 11 is 3.49. The van der Waals surface area contributed by atoms with Gasteiger partial charge in [0.25, 0.3) is 5.95 Å². The molecule has 8 heteroatoms. The number of hydrogen-bond donors (Lipinski definition) is 2. The van der Waals surface area contributed by atoms with Crippen LogP contribution in [-0.4, -0.2) is 24.7 Å². The molecular weight excluding hydrogens is 334 g/mol. The lowest BCUT2D eigenvalue weighted by molar-refractivity contribution is 0.801. The first-order valence-corrected chi connectivity index (χ1v) is 6.96. The smallest absolute Gasteiger partial charge is 0.257 e. The topological polar surface area (TPSA) is 94.5 Å². The molecule has 2 heterocycles. The predicted molar refractivity (Wildman–Crippen MR) is 83.5 cm³/mol. The molecule has 106 valence electrons. The Labute approximate surface area is 129 Å². The molecule has 0 fully saturated rings. The minimum Gasteiger partial charge on any atom is -0.368 e. The predicted octanol–water partition coefficient (Wildman–Crippen LogP) is 2.45. The number of nitrogens with two attached hydrogens (primary N) is 1. The number of anilines is 3. The molecule has 0 bridgehead atoms. The van der Waals surface area contributed by atoms with Gasteiger partial charge in [0.05, 0.1) is 0 Å². The van der Waals surface area contributed by atoms with E-state index in [1.54, 1.807) is 18.5 Å². The molecule has 0 saturated carbocycles. The molecule has 0 aliphatic carbocycles. The molecule has 0 saturated heterocycles. The molecule has 0 aliphatic heterocycles. The zero-order valence-electron chi connectivity index (χ0n) is 11.2. The molecule has 7 nitrogen and oxygen atoms in total. The summed E-state index contributed by atoms with van der Waals surface area (Å²) in [6.45, 7) is 1.99. The zero-order valence-corrected chi connectivity index (χ0v) is 12.7. The number of nitrogens with one attached hydrogen (secondary N) is 1. The normalized spacial score (nSPS) is 10.6. The summed E-state index contributed by atoms with van der Waals surface area (Å²) < 4.78 is 2.53. The molecule has 2 aromatic heterocycles. The van der Waals surface area contributed by atoms with Crippen molar-refractivity contribution in [3.8, 4) is 5.95 Å². The molecular formula is C13H12BrN7. The summed E-state index contributed by atoms with van der Waals surface area (Å²) in [6, 6.07) is 7.62. The Morgan fingerprint density at radius 3 is 2.81 bits per heavy atom. The van der Waals surface area contributed by atoms with E-state index in [1.807, 2.05) is 25.1 Å². The number of hydrogen-bond acceptors (Lipinski definition) is 6. The van der Waals surface area contributed by atoms with Crippen molar-refractivity contribution in [1.82, 2.24) is 24.7 Å². The summed E-state index contributed by atoms with van der Waals surface area (Å²) in [6.07, 6.45) is 3.38. The molecule has 0 amide bonds. The summed E-state index contributed by atoms with van der Waals surface area (Å²) in [4.78, 5) is 12.5. The van der Waals surface area contributed by atoms with E-state index in [-0.39, 0.29) is 5.95 Å². The van der Waals surface area contributed by atoms with Crippen molar-refractivity contribution in [2.45, 2.75) is 6.92 Å². The van der Waals surface area contributed by atoms with E-state index in [0.717, 1.165) is 15.7 Å². The van der Waals surface area contributed by atoms with Gasteiger partial charge in [0, 0.05) is 22.6 Å². The fourth-order valence-corrected chi connectivity index (χ4v) is 2.16. The van der Waals surface area contributed by atoms with Crippen molar-refractivity contribution in [3.05, 3.63) is 46.7 Å². The molecule has 0 aliphatic rings. The van der Waals surface area contributed by atoms with Gasteiger partial charge in [0.15, 0.2) is 0 Å². The van der Waals surface area contributed by atoms with Crippen molar-refractivity contribution >= 4 is 33.5 Å². The van der Waals surface area contributed by atoms with Gasteiger partial charge in [-0.25, -0.2) is 4.68 Å². The van der Waals surface area contributed by atoms with E-state index >= 15 is 0 Å². The van der Waals surface area contributed by atoms with Gasteiger partial charge in [-0.1, -0.05) is 22.0 Å². The molecule has 0 unspecified atom stereocenters. The minimum atomic E-state index is 0.130. The minimum absolute atomic E-state index is 0.130. The Bertz CT molecular complexity index is 770. The summed E-state index contributed by atoms with van der Waals surface area (Å²) in [5, 5.41) is 7.22. The van der Waals surface area contributed by atoms with Crippen LogP contribution in [0.4, 0.5) is 17.6 Å². The Balaban J connectivity index is 1.98. The third-order valence-electron chi connectivity index (χ3n) is 2.86. The van der Waals surface area contributed by atoms with Crippen LogP contribution in [0, 0.1) is 6.92 Å². The average Bonchev–Trinajstić information content (AvgIpc) is 2.97. The zero-order chi connectivity index (χ0) is 14.8. The highest BCUT2D eigenvalue weighted by molar-refractivity contribution is 9.10. The largest absolute Gasteiger partial charge is 0.368 e. The van der Waals surface area contributed by atoms with E-state index in [2.05, 4.69) is 41.3 Å². The number of nitrogen functional groups attached to an aromatic ring is 1. The average molecular weight is 346 g/mol. The van der Waals surface area contributed by atoms with Crippen LogP contribution < -0.4 is 11.1 Å². The van der Waals surface area contributed by atoms with Gasteiger partial charge in [0.2, 0.25) is 11.9 Å². The van der Waals surface area contributed by atoms with E-state index < -0.39 is 0 Å². The van der Waals surface area contributed by atoms with E-state index in [1.165, 1.54) is 4.68 Å². The van der Waals surface area contributed by atoms with Crippen LogP contribution in [0.25, 0.3) is 5.95 Å². The van der Waals surface area contributed by atoms with Crippen LogP contribution in [-0.2, 0) is 0 Å². The highest BCUT2D eigenvalue weighted by atomic mass is 79.9. The highest BCUT2D eigenvalue weighted by Crippen LogP contribution is 2.25. The lowest BCUT2D eigenvalue weighted by Crippen LogP contribution is -2.09. The number of nitrogens with zero attached hydrogens (tertiary/aromatic N) is 5. The molecule has 1 aromatic carbocycles. The highest BCUT2D eigenvalue weighted by Gasteiger charge is 2.08. The van der Waals surface area contributed by atoms with Crippen molar-refractivity contribution in [2.75, 3.05) is 11.1 Å². The lowest BCUT2D eigenvalue weighted by Gasteiger charge is -2.10. The third kappa shape index (κ3) is 2.84. The van der Waals surface area contributed by atoms with Gasteiger partial charge < -0.3 is 11.1 Å². The Kier molecular flexibility index (Phi) is 3.53. The van der Waals surface area contributed by atoms with Crippen LogP contribution in [0.5, 0.6) is 0 Å². The summed E-state index contributed by atoms with van der Waals surface area (Å²) in [7, 11) is 0. The van der Waals surface area contributed by atoms with Gasteiger partial charge in [-0.15, -0.1) is 0 Å². The molecule has 0 atom stereocenters. The first kappa shape index (κ1) is 13.5. The van der Waals surface area contributed by atoms with Crippen LogP contribution in [0.1, 0.15) is 5.56 Å². The lowest BCUT2D eigenvalue weighted by atomic mass is 10.2. The maximum Gasteiger partial charge on any atom is 0.257 e. The standard InChI is InChI=1S/C13H12BrN7/c1-8-9(14)4-2-5-10(8)17-12-18-11(15)19-13(20-12)21-7-3-6-16-21/h2-7H,1H3,(H3,15,17,18,19,20). The van der Waals surface area contributed by atoms with Crippen LogP contribution in [0.2, 0.25) is 0 Å². The second kappa shape index (κ2) is 5.49. The second-order valence-electron chi connectivity index (χ2n) is 4.31. The molecule has 21 heavy (non-hydrogen) atoms. The van der Waals surface area contributed by atoms with Crippen molar-refractivity contribution < 1.29 is 0 Å². The van der Waals surface area contributed by atoms with E-state index in [0.29, 0.717) is 11.9 Å². The van der Waals surface area contributed by atoms with Crippen LogP contribution in [0.3, 0.4) is 0 Å². The third-order valence-corrected chi connectivity index (χ3v) is 3.72. The number of benzene rings is 1. The Morgan fingerprint density at radius 1 is 1.19 bits per heavy atom. The first-order chi connectivity index (χ1) is 10.1. The number of aromatic nitrogens is 5. The SMILES string of the molecule is Cc1c(Br)cccc1Nc1nc(N)nc(-n2cccn2)n1. The van der Waals surface area contributed by atoms with Gasteiger partial charge in [-0.3, -0.25) is 0 Å². The van der Waals surface area contributed by atoms with Gasteiger partial charge in [-0.05, 0) is 30.7 Å². The molecule has 3 aromatic rings. The van der Waals surface area contributed by atoms with Gasteiger partial charge in [0.1, 0.15) is 0 Å². The van der Waals surface area contributed by atoms with E-state index in [9.17, 15) is 0 Å². The van der Waals surface area contributed by atoms with Crippen molar-refractivity contribution in [1.29, 1.82) is 0 Å². The summed E-state index contributed by atoms with van der Waals surface area (Å²) in [5.74, 6) is 0.863. The maximum atomic E-state index is 5.73. The fourth-order valence-electron chi connectivity index (χ4n) is 1.79. The Hall–Kier alpha value is -2.48. The van der Waals surface area contributed by atoms with Crippen molar-refractivity contribution in [2.24, 2.45) is 0 Å². The molecule has 3 N–H and O–H groups in total. The molecule has 0 spiro atoms. The molecule has 0 radical (unpaired) electrons. The van der Waals surface area contributed by atoms with E-state index in [4.69, 9.17) is 5.73 Å². The van der Waals surface area contributed by atoms with Crippen molar-refractivity contribution in [3.63, 3.8) is 0 Å². The molecule has 3 rings (SSSR count). The van der Waals surface area contributed by atoms with Crippen LogP contribution >= 0.6 is 15.9 Å². The van der Waals surface area contributed by atoms with Crippen LogP contribution in [0.15, 0.2) is 41.1 Å². The maximum absolute atomic E-state index is 5.73. The summed E-state index contributed by atoms with van der Waals surface area (Å²) in [5.41, 5.74) is 7.68. The Morgan fingerprint density at radius 2 is 2.05 bits per heavy atom. The fraction of sp³-hybridized carbons (Fsp3) is 0.0769. The van der Waals surface area contributed by atoms with Gasteiger partial charge >= 0.3 is 0 Å². The monoisotopic (exact) mass is 345 g/mol. The number of rotatable bonds is 3.